The Morgan fingerprint density at radius 1 is 1.33 bits per heavy atom. The molecule has 1 heterocycles. The van der Waals surface area contributed by atoms with Gasteiger partial charge in [-0.25, -0.2) is 0 Å². The van der Waals surface area contributed by atoms with Crippen molar-refractivity contribution in [3.8, 4) is 5.75 Å². The third-order valence-corrected chi connectivity index (χ3v) is 4.02. The second-order valence-electron chi connectivity index (χ2n) is 5.49. The molecule has 1 saturated heterocycles. The van der Waals surface area contributed by atoms with Gasteiger partial charge in [-0.3, -0.25) is 4.90 Å². The lowest BCUT2D eigenvalue weighted by atomic mass is 10.00. The third-order valence-electron chi connectivity index (χ3n) is 4.02. The quantitative estimate of drug-likeness (QED) is 0.837. The van der Waals surface area contributed by atoms with Crippen molar-refractivity contribution in [1.82, 2.24) is 10.2 Å². The van der Waals surface area contributed by atoms with Crippen LogP contribution in [0.1, 0.15) is 31.9 Å². The van der Waals surface area contributed by atoms with Crippen molar-refractivity contribution in [2.24, 2.45) is 0 Å². The maximum Gasteiger partial charge on any atom is 0.119 e. The van der Waals surface area contributed by atoms with Crippen molar-refractivity contribution in [1.29, 1.82) is 0 Å². The van der Waals surface area contributed by atoms with E-state index < -0.39 is 0 Å². The highest BCUT2D eigenvalue weighted by Gasteiger charge is 2.27. The molecule has 0 bridgehead atoms. The lowest BCUT2D eigenvalue weighted by Crippen LogP contribution is -2.47. The van der Waals surface area contributed by atoms with Gasteiger partial charge in [-0.15, -0.1) is 0 Å². The minimum absolute atomic E-state index is 0.200. The normalized spacial score (nSPS) is 21.2. The van der Waals surface area contributed by atoms with Crippen LogP contribution in [0.2, 0.25) is 0 Å². The van der Waals surface area contributed by atoms with Gasteiger partial charge in [0.05, 0.1) is 25.4 Å². The molecule has 0 radical (unpaired) electrons. The Hall–Kier alpha value is -1.10. The molecule has 2 atom stereocenters. The molecule has 4 nitrogen and oxygen atoms in total. The van der Waals surface area contributed by atoms with Crippen LogP contribution in [0.25, 0.3) is 0 Å². The number of rotatable bonds is 7. The van der Waals surface area contributed by atoms with Gasteiger partial charge < -0.3 is 14.8 Å². The molecule has 1 aliphatic heterocycles. The molecule has 118 valence electrons. The van der Waals surface area contributed by atoms with Gasteiger partial charge in [0.2, 0.25) is 0 Å². The summed E-state index contributed by atoms with van der Waals surface area (Å²) in [7, 11) is 2.00. The summed E-state index contributed by atoms with van der Waals surface area (Å²) in [6, 6.07) is 8.60. The van der Waals surface area contributed by atoms with Crippen LogP contribution in [0.5, 0.6) is 5.75 Å². The van der Waals surface area contributed by atoms with Crippen LogP contribution in [-0.4, -0.2) is 50.9 Å². The Balaban J connectivity index is 2.02. The molecule has 2 rings (SSSR count). The summed E-state index contributed by atoms with van der Waals surface area (Å²) in [6.07, 6.45) is 1.23. The summed E-state index contributed by atoms with van der Waals surface area (Å²) in [4.78, 5) is 2.44. The maximum absolute atomic E-state index is 5.98. The molecule has 21 heavy (non-hydrogen) atoms. The monoisotopic (exact) mass is 292 g/mol. The van der Waals surface area contributed by atoms with Crippen molar-refractivity contribution < 1.29 is 9.47 Å². The Morgan fingerprint density at radius 2 is 2.10 bits per heavy atom. The number of morpholine rings is 1. The minimum atomic E-state index is 0.200. The molecule has 0 spiro atoms. The van der Waals surface area contributed by atoms with Crippen LogP contribution in [0.3, 0.4) is 0 Å². The molecule has 0 aliphatic carbocycles. The fourth-order valence-corrected chi connectivity index (χ4v) is 2.78. The van der Waals surface area contributed by atoms with E-state index in [-0.39, 0.29) is 12.1 Å². The first kappa shape index (κ1) is 16.3. The zero-order chi connectivity index (χ0) is 15.1. The molecule has 4 heteroatoms. The van der Waals surface area contributed by atoms with Gasteiger partial charge >= 0.3 is 0 Å². The van der Waals surface area contributed by atoms with Gasteiger partial charge in [0, 0.05) is 13.1 Å². The molecule has 2 unspecified atom stereocenters. The summed E-state index contributed by atoms with van der Waals surface area (Å²) in [6.45, 7) is 9.01. The third kappa shape index (κ3) is 4.43. The predicted octanol–water partition coefficient (Wildman–Crippen LogP) is 2.46. The highest BCUT2D eigenvalue weighted by atomic mass is 16.5. The molecule has 0 aromatic heterocycles. The number of hydrogen-bond donors (Lipinski definition) is 1. The van der Waals surface area contributed by atoms with Crippen LogP contribution in [0.4, 0.5) is 0 Å². The van der Waals surface area contributed by atoms with Crippen molar-refractivity contribution in [3.63, 3.8) is 0 Å². The topological polar surface area (TPSA) is 33.7 Å². The largest absolute Gasteiger partial charge is 0.494 e. The molecule has 1 N–H and O–H groups in total. The van der Waals surface area contributed by atoms with Crippen LogP contribution < -0.4 is 10.1 Å². The summed E-state index contributed by atoms with van der Waals surface area (Å²) in [5.74, 6) is 0.940. The van der Waals surface area contributed by atoms with Crippen LogP contribution in [0.15, 0.2) is 24.3 Å². The number of nitrogens with zero attached hydrogens (tertiary/aromatic N) is 1. The molecule has 1 fully saturated rings. The number of hydrogen-bond acceptors (Lipinski definition) is 4. The van der Waals surface area contributed by atoms with Crippen molar-refractivity contribution in [2.75, 3.05) is 39.9 Å². The maximum atomic E-state index is 5.98. The van der Waals surface area contributed by atoms with E-state index in [4.69, 9.17) is 9.47 Å². The molecule has 1 aromatic rings. The van der Waals surface area contributed by atoms with E-state index in [9.17, 15) is 0 Å². The Labute approximate surface area is 128 Å². The van der Waals surface area contributed by atoms with E-state index in [0.29, 0.717) is 0 Å². The van der Waals surface area contributed by atoms with Gasteiger partial charge in [-0.1, -0.05) is 26.0 Å². The Kier molecular flexibility index (Phi) is 6.49. The van der Waals surface area contributed by atoms with Crippen LogP contribution in [-0.2, 0) is 4.74 Å². The zero-order valence-electron chi connectivity index (χ0n) is 13.5. The summed E-state index contributed by atoms with van der Waals surface area (Å²) >= 11 is 0. The molecule has 0 amide bonds. The standard InChI is InChI=1S/C17H28N2O2/c1-4-11-20-15-8-6-14(7-9-15)17(18-3)16-13-19(5-2)10-12-21-16/h6-9,16-18H,4-5,10-13H2,1-3H3. The van der Waals surface area contributed by atoms with E-state index in [1.807, 2.05) is 7.05 Å². The predicted molar refractivity (Wildman–Crippen MR) is 85.9 cm³/mol. The number of benzene rings is 1. The molecule has 0 saturated carbocycles. The van der Waals surface area contributed by atoms with Crippen molar-refractivity contribution >= 4 is 0 Å². The number of likely N-dealkylation sites (N-methyl/N-ethyl adjacent to an activating group) is 2. The van der Waals surface area contributed by atoms with E-state index in [1.54, 1.807) is 0 Å². The van der Waals surface area contributed by atoms with Gasteiger partial charge in [0.15, 0.2) is 0 Å². The summed E-state index contributed by atoms with van der Waals surface area (Å²) in [5.41, 5.74) is 1.25. The lowest BCUT2D eigenvalue weighted by Gasteiger charge is -2.36. The molecule has 1 aromatic carbocycles. The van der Waals surface area contributed by atoms with E-state index in [0.717, 1.165) is 45.0 Å². The van der Waals surface area contributed by atoms with Crippen LogP contribution in [0, 0.1) is 0 Å². The number of ether oxygens (including phenoxy) is 2. The SMILES string of the molecule is CCCOc1ccc(C(NC)C2CN(CC)CCO2)cc1. The van der Waals surface area contributed by atoms with Crippen LogP contribution >= 0.6 is 0 Å². The van der Waals surface area contributed by atoms with Crippen molar-refractivity contribution in [3.05, 3.63) is 29.8 Å². The van der Waals surface area contributed by atoms with E-state index in [1.165, 1.54) is 5.56 Å². The summed E-state index contributed by atoms with van der Waals surface area (Å²) in [5, 5.41) is 3.40. The summed E-state index contributed by atoms with van der Waals surface area (Å²) < 4.78 is 11.6. The minimum Gasteiger partial charge on any atom is -0.494 e. The van der Waals surface area contributed by atoms with E-state index >= 15 is 0 Å². The zero-order valence-corrected chi connectivity index (χ0v) is 13.5. The fourth-order valence-electron chi connectivity index (χ4n) is 2.78. The first-order valence-electron chi connectivity index (χ1n) is 8.02. The van der Waals surface area contributed by atoms with Gasteiger partial charge in [0.25, 0.3) is 0 Å². The van der Waals surface area contributed by atoms with E-state index in [2.05, 4.69) is 48.3 Å². The lowest BCUT2D eigenvalue weighted by molar-refractivity contribution is -0.0444. The van der Waals surface area contributed by atoms with Gasteiger partial charge in [-0.05, 0) is 37.7 Å². The second kappa shape index (κ2) is 8.37. The average Bonchev–Trinajstić information content (AvgIpc) is 2.55. The second-order valence-corrected chi connectivity index (χ2v) is 5.49. The Bertz CT molecular complexity index is 408. The molecular weight excluding hydrogens is 264 g/mol. The highest BCUT2D eigenvalue weighted by molar-refractivity contribution is 5.30. The highest BCUT2D eigenvalue weighted by Crippen LogP contribution is 2.24. The van der Waals surface area contributed by atoms with Crippen molar-refractivity contribution in [2.45, 2.75) is 32.4 Å². The number of nitrogens with one attached hydrogen (secondary N) is 1. The fraction of sp³-hybridized carbons (Fsp3) is 0.647. The molecule has 1 aliphatic rings. The smallest absolute Gasteiger partial charge is 0.119 e. The average molecular weight is 292 g/mol. The first-order chi connectivity index (χ1) is 10.3. The molecular formula is C17H28N2O2. The van der Waals surface area contributed by atoms with Gasteiger partial charge in [-0.2, -0.15) is 0 Å². The first-order valence-corrected chi connectivity index (χ1v) is 8.02. The Morgan fingerprint density at radius 3 is 2.71 bits per heavy atom. The van der Waals surface area contributed by atoms with Gasteiger partial charge in [0.1, 0.15) is 5.75 Å².